The molecule has 1 aliphatic heterocycles. The van der Waals surface area contributed by atoms with E-state index < -0.39 is 29.3 Å². The van der Waals surface area contributed by atoms with Gasteiger partial charge in [-0.05, 0) is 54.1 Å². The maximum absolute atomic E-state index is 13.6. The van der Waals surface area contributed by atoms with Crippen LogP contribution in [0.1, 0.15) is 17.2 Å². The molecule has 0 saturated carbocycles. The average molecular weight is 472 g/mol. The number of aliphatic hydroxyl groups is 1. The Morgan fingerprint density at radius 3 is 2.41 bits per heavy atom. The van der Waals surface area contributed by atoms with Crippen LogP contribution in [0.2, 0.25) is 10.0 Å². The largest absolute Gasteiger partial charge is 0.507 e. The molecule has 1 aliphatic rings. The van der Waals surface area contributed by atoms with Crippen molar-refractivity contribution in [1.82, 2.24) is 0 Å². The van der Waals surface area contributed by atoms with Gasteiger partial charge in [-0.3, -0.25) is 14.5 Å². The number of ketones is 1. The van der Waals surface area contributed by atoms with E-state index >= 15 is 0 Å². The molecule has 1 N–H and O–H groups in total. The van der Waals surface area contributed by atoms with Gasteiger partial charge in [0.1, 0.15) is 17.3 Å². The minimum absolute atomic E-state index is 0.127. The Bertz CT molecular complexity index is 1260. The van der Waals surface area contributed by atoms with Crippen molar-refractivity contribution in [1.29, 1.82) is 0 Å². The molecule has 1 unspecified atom stereocenters. The van der Waals surface area contributed by atoms with Gasteiger partial charge in [0, 0.05) is 16.3 Å². The molecule has 0 aromatic heterocycles. The number of benzene rings is 3. The van der Waals surface area contributed by atoms with E-state index in [4.69, 9.17) is 27.9 Å². The normalized spacial score (nSPS) is 17.6. The van der Waals surface area contributed by atoms with E-state index in [1.165, 1.54) is 54.5 Å². The number of carbonyl (C=O) groups is 2. The SMILES string of the molecule is COc1ccc(Cl)c(/C(O)=C2\C(=O)C(=O)N(c3cccc(Cl)c3)C2c2ccc(F)cc2)c1. The van der Waals surface area contributed by atoms with Gasteiger partial charge in [0.15, 0.2) is 0 Å². The summed E-state index contributed by atoms with van der Waals surface area (Å²) in [6.07, 6.45) is 0. The van der Waals surface area contributed by atoms with Crippen LogP contribution in [0, 0.1) is 5.82 Å². The summed E-state index contributed by atoms with van der Waals surface area (Å²) in [6, 6.07) is 15.3. The van der Waals surface area contributed by atoms with Crippen molar-refractivity contribution in [3.05, 3.63) is 99.3 Å². The van der Waals surface area contributed by atoms with E-state index in [0.717, 1.165) is 0 Å². The summed E-state index contributed by atoms with van der Waals surface area (Å²) in [5.74, 6) is -2.31. The lowest BCUT2D eigenvalue weighted by Crippen LogP contribution is -2.29. The summed E-state index contributed by atoms with van der Waals surface area (Å²) < 4.78 is 18.8. The predicted octanol–water partition coefficient (Wildman–Crippen LogP) is 5.77. The number of rotatable bonds is 4. The molecule has 1 saturated heterocycles. The van der Waals surface area contributed by atoms with E-state index in [-0.39, 0.29) is 16.2 Å². The van der Waals surface area contributed by atoms with Gasteiger partial charge in [-0.1, -0.05) is 41.4 Å². The molecule has 3 aromatic rings. The smallest absolute Gasteiger partial charge is 0.300 e. The zero-order valence-electron chi connectivity index (χ0n) is 16.7. The van der Waals surface area contributed by atoms with Crippen LogP contribution in [0.4, 0.5) is 10.1 Å². The maximum Gasteiger partial charge on any atom is 0.300 e. The van der Waals surface area contributed by atoms with Crippen molar-refractivity contribution >= 4 is 46.3 Å². The van der Waals surface area contributed by atoms with E-state index in [9.17, 15) is 19.1 Å². The Balaban J connectivity index is 1.98. The van der Waals surface area contributed by atoms with Crippen LogP contribution in [-0.4, -0.2) is 23.9 Å². The Labute approximate surface area is 193 Å². The summed E-state index contributed by atoms with van der Waals surface area (Å²) in [6.45, 7) is 0. The van der Waals surface area contributed by atoms with Gasteiger partial charge in [-0.15, -0.1) is 0 Å². The fraction of sp³-hybridized carbons (Fsp3) is 0.0833. The molecule has 1 atom stereocenters. The Morgan fingerprint density at radius 2 is 1.75 bits per heavy atom. The summed E-state index contributed by atoms with van der Waals surface area (Å²) >= 11 is 12.4. The first-order chi connectivity index (χ1) is 15.3. The van der Waals surface area contributed by atoms with Crippen LogP contribution in [0.3, 0.4) is 0 Å². The maximum atomic E-state index is 13.6. The molecule has 0 radical (unpaired) electrons. The van der Waals surface area contributed by atoms with Gasteiger partial charge in [0.2, 0.25) is 0 Å². The molecule has 8 heteroatoms. The van der Waals surface area contributed by atoms with E-state index in [1.807, 2.05) is 0 Å². The zero-order valence-corrected chi connectivity index (χ0v) is 18.2. The highest BCUT2D eigenvalue weighted by molar-refractivity contribution is 6.52. The molecular formula is C24H16Cl2FNO4. The monoisotopic (exact) mass is 471 g/mol. The molecule has 3 aromatic carbocycles. The highest BCUT2D eigenvalue weighted by atomic mass is 35.5. The number of hydrogen-bond donors (Lipinski definition) is 1. The Kier molecular flexibility index (Phi) is 5.91. The minimum Gasteiger partial charge on any atom is -0.507 e. The van der Waals surface area contributed by atoms with E-state index in [0.29, 0.717) is 22.0 Å². The van der Waals surface area contributed by atoms with Crippen molar-refractivity contribution in [3.63, 3.8) is 0 Å². The lowest BCUT2D eigenvalue weighted by molar-refractivity contribution is -0.132. The van der Waals surface area contributed by atoms with E-state index in [2.05, 4.69) is 0 Å². The first kappa shape index (κ1) is 21.9. The van der Waals surface area contributed by atoms with Gasteiger partial charge in [0.05, 0.1) is 23.7 Å². The van der Waals surface area contributed by atoms with E-state index in [1.54, 1.807) is 24.3 Å². The van der Waals surface area contributed by atoms with Crippen LogP contribution >= 0.6 is 23.2 Å². The highest BCUT2D eigenvalue weighted by Gasteiger charge is 2.47. The van der Waals surface area contributed by atoms with Crippen molar-refractivity contribution in [2.45, 2.75) is 6.04 Å². The predicted molar refractivity (Wildman–Crippen MR) is 121 cm³/mol. The van der Waals surface area contributed by atoms with Crippen LogP contribution in [0.25, 0.3) is 5.76 Å². The van der Waals surface area contributed by atoms with Gasteiger partial charge in [0.25, 0.3) is 11.7 Å². The second-order valence-corrected chi connectivity index (χ2v) is 7.89. The molecule has 32 heavy (non-hydrogen) atoms. The third kappa shape index (κ3) is 3.83. The van der Waals surface area contributed by atoms with Crippen LogP contribution < -0.4 is 9.64 Å². The fourth-order valence-electron chi connectivity index (χ4n) is 3.64. The summed E-state index contributed by atoms with van der Waals surface area (Å²) in [5.41, 5.74) is 0.717. The summed E-state index contributed by atoms with van der Waals surface area (Å²) in [5, 5.41) is 11.7. The second kappa shape index (κ2) is 8.65. The summed E-state index contributed by atoms with van der Waals surface area (Å²) in [4.78, 5) is 27.4. The molecule has 4 rings (SSSR count). The quantitative estimate of drug-likeness (QED) is 0.298. The van der Waals surface area contributed by atoms with Crippen molar-refractivity contribution in [2.24, 2.45) is 0 Å². The number of hydrogen-bond acceptors (Lipinski definition) is 4. The number of ether oxygens (including phenoxy) is 1. The first-order valence-corrected chi connectivity index (χ1v) is 10.2. The van der Waals surface area contributed by atoms with Crippen LogP contribution in [0.5, 0.6) is 5.75 Å². The number of anilines is 1. The first-order valence-electron chi connectivity index (χ1n) is 9.47. The third-order valence-electron chi connectivity index (χ3n) is 5.15. The molecule has 1 amide bonds. The zero-order chi connectivity index (χ0) is 23.0. The van der Waals surface area contributed by atoms with Gasteiger partial charge >= 0.3 is 0 Å². The third-order valence-corrected chi connectivity index (χ3v) is 5.71. The van der Waals surface area contributed by atoms with Crippen molar-refractivity contribution in [3.8, 4) is 5.75 Å². The van der Waals surface area contributed by atoms with Gasteiger partial charge < -0.3 is 9.84 Å². The topological polar surface area (TPSA) is 66.8 Å². The standard InChI is InChI=1S/C24H16Cl2FNO4/c1-32-17-9-10-19(26)18(12-17)22(29)20-21(13-5-7-15(27)8-6-13)28(24(31)23(20)30)16-4-2-3-14(25)11-16/h2-12,21,29H,1H3/b22-20+. The fourth-order valence-corrected chi connectivity index (χ4v) is 4.03. The molecule has 162 valence electrons. The lowest BCUT2D eigenvalue weighted by Gasteiger charge is -2.25. The average Bonchev–Trinajstić information content (AvgIpc) is 3.05. The summed E-state index contributed by atoms with van der Waals surface area (Å²) in [7, 11) is 1.45. The lowest BCUT2D eigenvalue weighted by atomic mass is 9.95. The van der Waals surface area contributed by atoms with Crippen molar-refractivity contribution in [2.75, 3.05) is 12.0 Å². The molecule has 1 heterocycles. The minimum atomic E-state index is -1.03. The molecule has 1 fully saturated rings. The number of amides is 1. The second-order valence-electron chi connectivity index (χ2n) is 7.05. The molecule has 0 bridgehead atoms. The number of nitrogens with zero attached hydrogens (tertiary/aromatic N) is 1. The number of halogens is 3. The Morgan fingerprint density at radius 1 is 1.03 bits per heavy atom. The van der Waals surface area contributed by atoms with Crippen molar-refractivity contribution < 1.29 is 23.8 Å². The Hall–Kier alpha value is -3.35. The molecule has 0 spiro atoms. The molecular weight excluding hydrogens is 456 g/mol. The molecule has 5 nitrogen and oxygen atoms in total. The number of aliphatic hydroxyl groups excluding tert-OH is 1. The van der Waals surface area contributed by atoms with Gasteiger partial charge in [-0.25, -0.2) is 4.39 Å². The highest BCUT2D eigenvalue weighted by Crippen LogP contribution is 2.43. The van der Waals surface area contributed by atoms with Crippen LogP contribution in [0.15, 0.2) is 72.3 Å². The number of methoxy groups -OCH3 is 1. The van der Waals surface area contributed by atoms with Crippen LogP contribution in [-0.2, 0) is 9.59 Å². The number of carbonyl (C=O) groups excluding carboxylic acids is 2. The van der Waals surface area contributed by atoms with Gasteiger partial charge in [-0.2, -0.15) is 0 Å². The number of Topliss-reactive ketones (excluding diaryl/α,β-unsaturated/α-hetero) is 1. The molecule has 0 aliphatic carbocycles.